The molecular weight excluding hydrogens is 214 g/mol. The Labute approximate surface area is 101 Å². The van der Waals surface area contributed by atoms with E-state index in [4.69, 9.17) is 4.42 Å². The van der Waals surface area contributed by atoms with Gasteiger partial charge in [0.15, 0.2) is 11.5 Å². The lowest BCUT2D eigenvalue weighted by Crippen LogP contribution is -2.29. The average Bonchev–Trinajstić information content (AvgIpc) is 2.69. The first-order chi connectivity index (χ1) is 8.24. The highest BCUT2D eigenvalue weighted by molar-refractivity contribution is 5.73. The highest BCUT2D eigenvalue weighted by atomic mass is 16.3. The van der Waals surface area contributed by atoms with Crippen LogP contribution >= 0.6 is 0 Å². The van der Waals surface area contributed by atoms with Crippen LogP contribution in [-0.2, 0) is 0 Å². The zero-order valence-electron chi connectivity index (χ0n) is 10.6. The number of aryl methyl sites for hydroxylation is 1. The molecule has 0 fully saturated rings. The fourth-order valence-electron chi connectivity index (χ4n) is 1.95. The highest BCUT2D eigenvalue weighted by Crippen LogP contribution is 2.20. The van der Waals surface area contributed by atoms with Gasteiger partial charge in [-0.05, 0) is 31.3 Å². The largest absolute Gasteiger partial charge is 0.441 e. The third-order valence-corrected chi connectivity index (χ3v) is 2.87. The number of oxazole rings is 1. The molecule has 2 aromatic rings. The second-order valence-corrected chi connectivity index (χ2v) is 4.11. The Morgan fingerprint density at radius 3 is 2.94 bits per heavy atom. The van der Waals surface area contributed by atoms with Crippen LogP contribution in [0.2, 0.25) is 0 Å². The predicted octanol–water partition coefficient (Wildman–Crippen LogP) is 2.01. The normalized spacial score (nSPS) is 13.1. The second kappa shape index (κ2) is 5.29. The fourth-order valence-corrected chi connectivity index (χ4v) is 1.95. The zero-order chi connectivity index (χ0) is 12.3. The summed E-state index contributed by atoms with van der Waals surface area (Å²) in [6.45, 7) is 5.86. The van der Waals surface area contributed by atoms with E-state index >= 15 is 0 Å². The van der Waals surface area contributed by atoms with E-state index in [1.54, 1.807) is 0 Å². The second-order valence-electron chi connectivity index (χ2n) is 4.11. The Kier molecular flexibility index (Phi) is 3.76. The van der Waals surface area contributed by atoms with Crippen LogP contribution in [0.15, 0.2) is 22.6 Å². The van der Waals surface area contributed by atoms with Crippen molar-refractivity contribution in [3.05, 3.63) is 29.7 Å². The third kappa shape index (κ3) is 2.65. The highest BCUT2D eigenvalue weighted by Gasteiger charge is 2.10. The number of hydrogen-bond donors (Lipinski definition) is 2. The van der Waals surface area contributed by atoms with Gasteiger partial charge in [0.1, 0.15) is 5.52 Å². The minimum Gasteiger partial charge on any atom is -0.441 e. The van der Waals surface area contributed by atoms with Crippen molar-refractivity contribution in [1.82, 2.24) is 15.6 Å². The standard InChI is InChI=1S/C13H19N3O/c1-4-15-8-12(14-3)10-5-6-11-13(7-10)17-9(2)16-11/h5-7,12,14-15H,4,8H2,1-3H3. The van der Waals surface area contributed by atoms with E-state index in [1.807, 2.05) is 20.0 Å². The minimum absolute atomic E-state index is 0.296. The third-order valence-electron chi connectivity index (χ3n) is 2.87. The van der Waals surface area contributed by atoms with Gasteiger partial charge < -0.3 is 15.1 Å². The van der Waals surface area contributed by atoms with Crippen LogP contribution in [0, 0.1) is 6.92 Å². The molecule has 0 saturated heterocycles. The van der Waals surface area contributed by atoms with Crippen LogP contribution in [0.25, 0.3) is 11.1 Å². The van der Waals surface area contributed by atoms with Gasteiger partial charge in [-0.2, -0.15) is 0 Å². The smallest absolute Gasteiger partial charge is 0.192 e. The average molecular weight is 233 g/mol. The molecule has 4 heteroatoms. The first-order valence-electron chi connectivity index (χ1n) is 5.99. The monoisotopic (exact) mass is 233 g/mol. The lowest BCUT2D eigenvalue weighted by Gasteiger charge is -2.16. The molecule has 2 rings (SSSR count). The lowest BCUT2D eigenvalue weighted by atomic mass is 10.1. The van der Waals surface area contributed by atoms with Crippen LogP contribution in [-0.4, -0.2) is 25.1 Å². The SMILES string of the molecule is CCNCC(NC)c1ccc2nc(C)oc2c1. The molecule has 0 saturated carbocycles. The molecule has 1 unspecified atom stereocenters. The molecule has 92 valence electrons. The van der Waals surface area contributed by atoms with Gasteiger partial charge in [0, 0.05) is 19.5 Å². The maximum atomic E-state index is 5.55. The number of fused-ring (bicyclic) bond motifs is 1. The van der Waals surface area contributed by atoms with E-state index < -0.39 is 0 Å². The number of likely N-dealkylation sites (N-methyl/N-ethyl adjacent to an activating group) is 2. The Morgan fingerprint density at radius 1 is 1.41 bits per heavy atom. The molecule has 0 aliphatic carbocycles. The Morgan fingerprint density at radius 2 is 2.24 bits per heavy atom. The topological polar surface area (TPSA) is 50.1 Å². The molecule has 1 heterocycles. The summed E-state index contributed by atoms with van der Waals surface area (Å²) in [6, 6.07) is 6.47. The molecule has 0 radical (unpaired) electrons. The maximum Gasteiger partial charge on any atom is 0.192 e. The van der Waals surface area contributed by atoms with Crippen molar-refractivity contribution in [3.8, 4) is 0 Å². The summed E-state index contributed by atoms with van der Waals surface area (Å²) >= 11 is 0. The van der Waals surface area contributed by atoms with Gasteiger partial charge in [-0.15, -0.1) is 0 Å². The Balaban J connectivity index is 2.26. The van der Waals surface area contributed by atoms with Crippen LogP contribution < -0.4 is 10.6 Å². The van der Waals surface area contributed by atoms with Gasteiger partial charge in [0.2, 0.25) is 0 Å². The van der Waals surface area contributed by atoms with E-state index in [-0.39, 0.29) is 0 Å². The lowest BCUT2D eigenvalue weighted by molar-refractivity contribution is 0.534. The van der Waals surface area contributed by atoms with Crippen LogP contribution in [0.1, 0.15) is 24.4 Å². The number of nitrogens with zero attached hydrogens (tertiary/aromatic N) is 1. The van der Waals surface area contributed by atoms with E-state index in [1.165, 1.54) is 5.56 Å². The fraction of sp³-hybridized carbons (Fsp3) is 0.462. The molecule has 17 heavy (non-hydrogen) atoms. The molecule has 0 spiro atoms. The molecular formula is C13H19N3O. The van der Waals surface area contributed by atoms with Crippen molar-refractivity contribution < 1.29 is 4.42 Å². The van der Waals surface area contributed by atoms with Gasteiger partial charge in [-0.1, -0.05) is 13.0 Å². The maximum absolute atomic E-state index is 5.55. The van der Waals surface area contributed by atoms with E-state index in [9.17, 15) is 0 Å². The molecule has 4 nitrogen and oxygen atoms in total. The van der Waals surface area contributed by atoms with Crippen molar-refractivity contribution in [3.63, 3.8) is 0 Å². The number of aromatic nitrogens is 1. The molecule has 0 amide bonds. The number of hydrogen-bond acceptors (Lipinski definition) is 4. The molecule has 2 N–H and O–H groups in total. The van der Waals surface area contributed by atoms with E-state index in [2.05, 4.69) is 34.7 Å². The summed E-state index contributed by atoms with van der Waals surface area (Å²) in [7, 11) is 1.97. The first-order valence-corrected chi connectivity index (χ1v) is 5.99. The van der Waals surface area contributed by atoms with Crippen LogP contribution in [0.3, 0.4) is 0 Å². The molecule has 0 bridgehead atoms. The Hall–Kier alpha value is -1.39. The van der Waals surface area contributed by atoms with Crippen molar-refractivity contribution in [2.45, 2.75) is 19.9 Å². The van der Waals surface area contributed by atoms with Gasteiger partial charge >= 0.3 is 0 Å². The summed E-state index contributed by atoms with van der Waals surface area (Å²) in [6.07, 6.45) is 0. The van der Waals surface area contributed by atoms with Crippen molar-refractivity contribution in [2.75, 3.05) is 20.1 Å². The summed E-state index contributed by atoms with van der Waals surface area (Å²) in [5.74, 6) is 0.713. The molecule has 0 aliphatic heterocycles. The van der Waals surface area contributed by atoms with Gasteiger partial charge in [-0.3, -0.25) is 0 Å². The zero-order valence-corrected chi connectivity index (χ0v) is 10.6. The Bertz CT molecular complexity index is 492. The van der Waals surface area contributed by atoms with Crippen molar-refractivity contribution in [1.29, 1.82) is 0 Å². The van der Waals surface area contributed by atoms with E-state index in [0.717, 1.165) is 24.2 Å². The molecule has 1 aromatic carbocycles. The molecule has 1 atom stereocenters. The van der Waals surface area contributed by atoms with Crippen molar-refractivity contribution >= 4 is 11.1 Å². The summed E-state index contributed by atoms with van der Waals surface area (Å²) in [5, 5.41) is 6.64. The van der Waals surface area contributed by atoms with Gasteiger partial charge in [-0.25, -0.2) is 4.98 Å². The number of benzene rings is 1. The van der Waals surface area contributed by atoms with Gasteiger partial charge in [0.25, 0.3) is 0 Å². The van der Waals surface area contributed by atoms with Crippen LogP contribution in [0.5, 0.6) is 0 Å². The quantitative estimate of drug-likeness (QED) is 0.829. The first kappa shape index (κ1) is 12.1. The minimum atomic E-state index is 0.296. The van der Waals surface area contributed by atoms with Gasteiger partial charge in [0.05, 0.1) is 0 Å². The predicted molar refractivity (Wildman–Crippen MR) is 69.1 cm³/mol. The van der Waals surface area contributed by atoms with Crippen molar-refractivity contribution in [2.24, 2.45) is 0 Å². The number of nitrogens with one attached hydrogen (secondary N) is 2. The summed E-state index contributed by atoms with van der Waals surface area (Å²) in [4.78, 5) is 4.30. The summed E-state index contributed by atoms with van der Waals surface area (Å²) < 4.78 is 5.55. The van der Waals surface area contributed by atoms with E-state index in [0.29, 0.717) is 11.9 Å². The molecule has 0 aliphatic rings. The van der Waals surface area contributed by atoms with Crippen LogP contribution in [0.4, 0.5) is 0 Å². The number of rotatable bonds is 5. The molecule has 1 aromatic heterocycles. The summed E-state index contributed by atoms with van der Waals surface area (Å²) in [5.41, 5.74) is 3.00.